The number of benzene rings is 2. The maximum Gasteiger partial charge on any atom is 0.264 e. The van der Waals surface area contributed by atoms with Gasteiger partial charge in [-0.3, -0.25) is 4.72 Å². The highest BCUT2D eigenvalue weighted by Crippen LogP contribution is 2.27. The summed E-state index contributed by atoms with van der Waals surface area (Å²) >= 11 is 5.76. The van der Waals surface area contributed by atoms with Crippen LogP contribution in [-0.4, -0.2) is 8.42 Å². The van der Waals surface area contributed by atoms with Crippen molar-refractivity contribution in [3.63, 3.8) is 0 Å². The Kier molecular flexibility index (Phi) is 4.64. The molecule has 0 unspecified atom stereocenters. The highest BCUT2D eigenvalue weighted by atomic mass is 79.9. The summed E-state index contributed by atoms with van der Waals surface area (Å²) in [4.78, 5) is -0.673. The minimum absolute atomic E-state index is 0.155. The lowest BCUT2D eigenvalue weighted by atomic mass is 10.3. The molecule has 2 aromatic carbocycles. The van der Waals surface area contributed by atoms with Crippen LogP contribution in [0.25, 0.3) is 0 Å². The summed E-state index contributed by atoms with van der Waals surface area (Å²) in [5.74, 6) is -2.87. The maximum absolute atomic E-state index is 13.7. The van der Waals surface area contributed by atoms with Crippen molar-refractivity contribution in [3.8, 4) is 0 Å². The summed E-state index contributed by atoms with van der Waals surface area (Å²) in [7, 11) is -4.38. The molecule has 1 N–H and O–H groups in total. The summed E-state index contributed by atoms with van der Waals surface area (Å²) in [6.07, 6.45) is 0. The summed E-state index contributed by atoms with van der Waals surface area (Å²) < 4.78 is 66.7. The Balaban J connectivity index is 2.45. The van der Waals surface area contributed by atoms with Crippen molar-refractivity contribution in [2.75, 3.05) is 4.72 Å². The van der Waals surface area contributed by atoms with Crippen LogP contribution in [0, 0.1) is 17.5 Å². The van der Waals surface area contributed by atoms with Gasteiger partial charge in [-0.05, 0) is 40.2 Å². The second kappa shape index (κ2) is 5.98. The zero-order chi connectivity index (χ0) is 15.8. The predicted octanol–water partition coefficient (Wildman–Crippen LogP) is 4.43. The standard InChI is InChI=1S/C12H6Br2F3NO2S/c13-6-1-2-12(10(17)3-6)21(19,20)18-11-5-8(15)7(14)4-9(11)16/h1-5,18H. The lowest BCUT2D eigenvalue weighted by Gasteiger charge is -2.10. The van der Waals surface area contributed by atoms with E-state index in [1.807, 2.05) is 4.72 Å². The van der Waals surface area contributed by atoms with Crippen LogP contribution in [0.15, 0.2) is 44.2 Å². The molecule has 0 aliphatic heterocycles. The van der Waals surface area contributed by atoms with E-state index in [1.165, 1.54) is 6.07 Å². The summed E-state index contributed by atoms with van der Waals surface area (Å²) in [5.41, 5.74) is -0.613. The quantitative estimate of drug-likeness (QED) is 0.712. The number of hydrogen-bond acceptors (Lipinski definition) is 2. The first-order valence-electron chi connectivity index (χ1n) is 5.33. The van der Waals surface area contributed by atoms with Gasteiger partial charge in [0.2, 0.25) is 0 Å². The van der Waals surface area contributed by atoms with Crippen LogP contribution in [0.3, 0.4) is 0 Å². The summed E-state index contributed by atoms with van der Waals surface area (Å²) in [6.45, 7) is 0. The van der Waals surface area contributed by atoms with E-state index in [4.69, 9.17) is 0 Å². The molecule has 0 saturated heterocycles. The van der Waals surface area contributed by atoms with Crippen molar-refractivity contribution in [1.82, 2.24) is 0 Å². The monoisotopic (exact) mass is 443 g/mol. The van der Waals surface area contributed by atoms with Gasteiger partial charge in [-0.15, -0.1) is 0 Å². The molecule has 21 heavy (non-hydrogen) atoms. The minimum atomic E-state index is -4.38. The average molecular weight is 445 g/mol. The van der Waals surface area contributed by atoms with E-state index < -0.39 is 38.1 Å². The van der Waals surface area contributed by atoms with E-state index in [9.17, 15) is 21.6 Å². The van der Waals surface area contributed by atoms with Crippen LogP contribution in [0.2, 0.25) is 0 Å². The SMILES string of the molecule is O=S(=O)(Nc1cc(F)c(Br)cc1F)c1ccc(Br)cc1F. The van der Waals surface area contributed by atoms with Gasteiger partial charge in [0.1, 0.15) is 22.3 Å². The number of rotatable bonds is 3. The van der Waals surface area contributed by atoms with Gasteiger partial charge in [0.15, 0.2) is 0 Å². The third-order valence-electron chi connectivity index (χ3n) is 2.44. The Labute approximate surface area is 135 Å². The number of sulfonamides is 1. The van der Waals surface area contributed by atoms with E-state index in [-0.39, 0.29) is 4.47 Å². The Hall–Kier alpha value is -1.06. The van der Waals surface area contributed by atoms with E-state index in [0.717, 1.165) is 18.2 Å². The number of nitrogens with one attached hydrogen (secondary N) is 1. The van der Waals surface area contributed by atoms with Crippen LogP contribution in [0.4, 0.5) is 18.9 Å². The molecule has 0 atom stereocenters. The largest absolute Gasteiger partial charge is 0.276 e. The Morgan fingerprint density at radius 1 is 0.905 bits per heavy atom. The van der Waals surface area contributed by atoms with Crippen molar-refractivity contribution in [2.24, 2.45) is 0 Å². The first-order chi connectivity index (χ1) is 9.70. The zero-order valence-electron chi connectivity index (χ0n) is 10.0. The van der Waals surface area contributed by atoms with Crippen LogP contribution in [0.5, 0.6) is 0 Å². The van der Waals surface area contributed by atoms with Gasteiger partial charge in [0, 0.05) is 10.5 Å². The van der Waals surface area contributed by atoms with E-state index in [2.05, 4.69) is 31.9 Å². The summed E-state index contributed by atoms with van der Waals surface area (Å²) in [6, 6.07) is 4.71. The van der Waals surface area contributed by atoms with Crippen LogP contribution >= 0.6 is 31.9 Å². The van der Waals surface area contributed by atoms with Gasteiger partial charge in [-0.25, -0.2) is 21.6 Å². The molecular formula is C12H6Br2F3NO2S. The first kappa shape index (κ1) is 16.3. The van der Waals surface area contributed by atoms with Crippen molar-refractivity contribution >= 4 is 47.6 Å². The van der Waals surface area contributed by atoms with Crippen molar-refractivity contribution in [2.45, 2.75) is 4.90 Å². The number of hydrogen-bond donors (Lipinski definition) is 1. The summed E-state index contributed by atoms with van der Waals surface area (Å²) in [5, 5.41) is 0. The van der Waals surface area contributed by atoms with Gasteiger partial charge in [0.05, 0.1) is 10.2 Å². The molecule has 2 rings (SSSR count). The fraction of sp³-hybridized carbons (Fsp3) is 0. The third kappa shape index (κ3) is 3.58. The smallest absolute Gasteiger partial charge is 0.264 e. The average Bonchev–Trinajstić information content (AvgIpc) is 2.35. The normalized spacial score (nSPS) is 11.5. The van der Waals surface area contributed by atoms with Crippen molar-refractivity contribution in [3.05, 3.63) is 56.7 Å². The van der Waals surface area contributed by atoms with Crippen molar-refractivity contribution < 1.29 is 21.6 Å². The molecule has 0 aromatic heterocycles. The molecular weight excluding hydrogens is 439 g/mol. The Morgan fingerprint density at radius 3 is 2.19 bits per heavy atom. The third-order valence-corrected chi connectivity index (χ3v) is 4.94. The van der Waals surface area contributed by atoms with E-state index in [1.54, 1.807) is 0 Å². The van der Waals surface area contributed by atoms with Crippen LogP contribution in [0.1, 0.15) is 0 Å². The first-order valence-corrected chi connectivity index (χ1v) is 8.40. The topological polar surface area (TPSA) is 46.2 Å². The Bertz CT molecular complexity index is 812. The van der Waals surface area contributed by atoms with E-state index >= 15 is 0 Å². The van der Waals surface area contributed by atoms with Crippen LogP contribution < -0.4 is 4.72 Å². The Morgan fingerprint density at radius 2 is 1.57 bits per heavy atom. The predicted molar refractivity (Wildman–Crippen MR) is 79.0 cm³/mol. The molecule has 0 saturated carbocycles. The molecule has 0 amide bonds. The van der Waals surface area contributed by atoms with Gasteiger partial charge < -0.3 is 0 Å². The van der Waals surface area contributed by atoms with Crippen molar-refractivity contribution in [1.29, 1.82) is 0 Å². The molecule has 9 heteroatoms. The van der Waals surface area contributed by atoms with Gasteiger partial charge in [-0.1, -0.05) is 15.9 Å². The molecule has 0 spiro atoms. The minimum Gasteiger partial charge on any atom is -0.276 e. The molecule has 0 heterocycles. The zero-order valence-corrected chi connectivity index (χ0v) is 14.0. The lowest BCUT2D eigenvalue weighted by molar-refractivity contribution is 0.568. The highest BCUT2D eigenvalue weighted by molar-refractivity contribution is 9.10. The molecule has 112 valence electrons. The fourth-order valence-electron chi connectivity index (χ4n) is 1.49. The molecule has 3 nitrogen and oxygen atoms in total. The second-order valence-corrected chi connectivity index (χ2v) is 7.35. The fourth-order valence-corrected chi connectivity index (χ4v) is 3.26. The van der Waals surface area contributed by atoms with Gasteiger partial charge >= 0.3 is 0 Å². The molecule has 0 bridgehead atoms. The second-order valence-electron chi connectivity index (χ2n) is 3.93. The maximum atomic E-state index is 13.7. The molecule has 0 fully saturated rings. The van der Waals surface area contributed by atoms with E-state index in [0.29, 0.717) is 10.5 Å². The molecule has 0 aliphatic carbocycles. The highest BCUT2D eigenvalue weighted by Gasteiger charge is 2.21. The lowest BCUT2D eigenvalue weighted by Crippen LogP contribution is -2.15. The molecule has 0 radical (unpaired) electrons. The number of anilines is 1. The van der Waals surface area contributed by atoms with Gasteiger partial charge in [0.25, 0.3) is 10.0 Å². The molecule has 2 aromatic rings. The molecule has 0 aliphatic rings. The van der Waals surface area contributed by atoms with Gasteiger partial charge in [-0.2, -0.15) is 0 Å². The van der Waals surface area contributed by atoms with Crippen LogP contribution in [-0.2, 0) is 10.0 Å². The number of halogens is 5.